The zero-order chi connectivity index (χ0) is 20.8. The summed E-state index contributed by atoms with van der Waals surface area (Å²) in [4.78, 5) is 12.3. The lowest BCUT2D eigenvalue weighted by Gasteiger charge is -2.09. The maximum Gasteiger partial charge on any atom is 0.234 e. The Morgan fingerprint density at radius 3 is 2.59 bits per heavy atom. The summed E-state index contributed by atoms with van der Waals surface area (Å²) in [7, 11) is 3.47. The minimum atomic E-state index is -0.0977. The second-order valence-electron chi connectivity index (χ2n) is 6.22. The number of carbonyl (C=O) groups excluding carboxylic acids is 1. The van der Waals surface area contributed by atoms with Crippen LogP contribution in [-0.2, 0) is 18.4 Å². The van der Waals surface area contributed by atoms with Gasteiger partial charge in [0.25, 0.3) is 0 Å². The summed E-state index contributed by atoms with van der Waals surface area (Å²) >= 11 is 4.74. The molecule has 3 aromatic rings. The SMILES string of the molecule is COc1ccc(OCc2nnc(SCC(=O)Nc3ccc(Br)cc3C)n2C)cc1. The Morgan fingerprint density at radius 2 is 1.90 bits per heavy atom. The van der Waals surface area contributed by atoms with Crippen LogP contribution in [0.4, 0.5) is 5.69 Å². The number of hydrogen-bond acceptors (Lipinski definition) is 6. The Bertz CT molecular complexity index is 992. The molecule has 0 radical (unpaired) electrons. The van der Waals surface area contributed by atoms with Crippen LogP contribution >= 0.6 is 27.7 Å². The largest absolute Gasteiger partial charge is 0.497 e. The van der Waals surface area contributed by atoms with Crippen molar-refractivity contribution in [3.8, 4) is 11.5 Å². The van der Waals surface area contributed by atoms with E-state index in [2.05, 4.69) is 31.4 Å². The molecule has 0 spiro atoms. The van der Waals surface area contributed by atoms with Crippen LogP contribution in [0.15, 0.2) is 52.1 Å². The monoisotopic (exact) mass is 476 g/mol. The molecule has 3 rings (SSSR count). The molecule has 0 aliphatic rings. The van der Waals surface area contributed by atoms with Crippen molar-refractivity contribution in [3.05, 3.63) is 58.3 Å². The van der Waals surface area contributed by atoms with E-state index in [0.29, 0.717) is 16.7 Å². The third-order valence-corrected chi connectivity index (χ3v) is 5.66. The molecule has 0 saturated heterocycles. The highest BCUT2D eigenvalue weighted by atomic mass is 79.9. The number of aromatic nitrogens is 3. The van der Waals surface area contributed by atoms with Gasteiger partial charge in [0.2, 0.25) is 5.91 Å². The molecule has 9 heteroatoms. The molecule has 0 unspecified atom stereocenters. The Hall–Kier alpha value is -2.52. The predicted molar refractivity (Wildman–Crippen MR) is 117 cm³/mol. The van der Waals surface area contributed by atoms with Crippen LogP contribution in [-0.4, -0.2) is 33.5 Å². The number of anilines is 1. The minimum Gasteiger partial charge on any atom is -0.497 e. The number of ether oxygens (including phenoxy) is 2. The van der Waals surface area contributed by atoms with Crippen LogP contribution in [0.1, 0.15) is 11.4 Å². The van der Waals surface area contributed by atoms with E-state index >= 15 is 0 Å². The molecular weight excluding hydrogens is 456 g/mol. The van der Waals surface area contributed by atoms with Crippen molar-refractivity contribution < 1.29 is 14.3 Å². The van der Waals surface area contributed by atoms with E-state index in [1.807, 2.05) is 61.0 Å². The Morgan fingerprint density at radius 1 is 1.17 bits per heavy atom. The van der Waals surface area contributed by atoms with Gasteiger partial charge in [-0.1, -0.05) is 27.7 Å². The average molecular weight is 477 g/mol. The normalized spacial score (nSPS) is 10.6. The summed E-state index contributed by atoms with van der Waals surface area (Å²) in [6.07, 6.45) is 0. The first kappa shape index (κ1) is 21.2. The van der Waals surface area contributed by atoms with Gasteiger partial charge in [0, 0.05) is 17.2 Å². The summed E-state index contributed by atoms with van der Waals surface area (Å²) in [6.45, 7) is 2.23. The van der Waals surface area contributed by atoms with Crippen LogP contribution in [0.5, 0.6) is 11.5 Å². The number of nitrogens with one attached hydrogen (secondary N) is 1. The van der Waals surface area contributed by atoms with Gasteiger partial charge in [-0.25, -0.2) is 0 Å². The molecule has 1 amide bonds. The van der Waals surface area contributed by atoms with Crippen molar-refractivity contribution in [2.75, 3.05) is 18.2 Å². The van der Waals surface area contributed by atoms with Gasteiger partial charge in [-0.3, -0.25) is 4.79 Å². The van der Waals surface area contributed by atoms with E-state index in [1.165, 1.54) is 11.8 Å². The fraction of sp³-hybridized carbons (Fsp3) is 0.250. The van der Waals surface area contributed by atoms with Crippen LogP contribution in [0.2, 0.25) is 0 Å². The first-order valence-corrected chi connectivity index (χ1v) is 10.6. The van der Waals surface area contributed by atoms with E-state index < -0.39 is 0 Å². The summed E-state index contributed by atoms with van der Waals surface area (Å²) in [5.74, 6) is 2.30. The highest BCUT2D eigenvalue weighted by Crippen LogP contribution is 2.22. The van der Waals surface area contributed by atoms with Crippen molar-refractivity contribution >= 4 is 39.3 Å². The van der Waals surface area contributed by atoms with E-state index in [9.17, 15) is 4.79 Å². The maximum atomic E-state index is 12.3. The number of halogens is 1. The molecule has 7 nitrogen and oxygen atoms in total. The Kier molecular flexibility index (Phi) is 7.16. The second kappa shape index (κ2) is 9.80. The minimum absolute atomic E-state index is 0.0977. The van der Waals surface area contributed by atoms with Gasteiger partial charge in [0.15, 0.2) is 11.0 Å². The van der Waals surface area contributed by atoms with Gasteiger partial charge < -0.3 is 19.4 Å². The Labute approximate surface area is 181 Å². The second-order valence-corrected chi connectivity index (χ2v) is 8.08. The number of benzene rings is 2. The third-order valence-electron chi connectivity index (χ3n) is 4.15. The lowest BCUT2D eigenvalue weighted by atomic mass is 10.2. The number of amides is 1. The van der Waals surface area contributed by atoms with Crippen molar-refractivity contribution in [2.24, 2.45) is 7.05 Å². The lowest BCUT2D eigenvalue weighted by molar-refractivity contribution is -0.113. The van der Waals surface area contributed by atoms with Gasteiger partial charge in [0.05, 0.1) is 12.9 Å². The first-order chi connectivity index (χ1) is 14.0. The third kappa shape index (κ3) is 5.74. The summed E-state index contributed by atoms with van der Waals surface area (Å²) in [5.41, 5.74) is 1.79. The van der Waals surface area contributed by atoms with Crippen molar-refractivity contribution in [1.29, 1.82) is 0 Å². The summed E-state index contributed by atoms with van der Waals surface area (Å²) in [5, 5.41) is 11.9. The molecule has 29 heavy (non-hydrogen) atoms. The Balaban J connectivity index is 1.52. The molecule has 0 bridgehead atoms. The molecule has 0 aliphatic carbocycles. The van der Waals surface area contributed by atoms with Crippen LogP contribution in [0, 0.1) is 6.92 Å². The van der Waals surface area contributed by atoms with Gasteiger partial charge >= 0.3 is 0 Å². The molecule has 1 N–H and O–H groups in total. The van der Waals surface area contributed by atoms with E-state index in [1.54, 1.807) is 7.11 Å². The number of rotatable bonds is 8. The van der Waals surface area contributed by atoms with Crippen LogP contribution < -0.4 is 14.8 Å². The van der Waals surface area contributed by atoms with Gasteiger partial charge in [-0.05, 0) is 55.0 Å². The molecule has 152 valence electrons. The molecule has 0 atom stereocenters. The zero-order valence-corrected chi connectivity index (χ0v) is 18.7. The van der Waals surface area contributed by atoms with Crippen LogP contribution in [0.25, 0.3) is 0 Å². The number of nitrogens with zero attached hydrogens (tertiary/aromatic N) is 3. The fourth-order valence-corrected chi connectivity index (χ4v) is 3.71. The average Bonchev–Trinajstić information content (AvgIpc) is 3.07. The quantitative estimate of drug-likeness (QED) is 0.490. The van der Waals surface area contributed by atoms with Gasteiger partial charge in [0.1, 0.15) is 18.1 Å². The molecule has 0 fully saturated rings. The lowest BCUT2D eigenvalue weighted by Crippen LogP contribution is -2.15. The number of carbonyl (C=O) groups is 1. The molecule has 2 aromatic carbocycles. The fourth-order valence-electron chi connectivity index (χ4n) is 2.50. The van der Waals surface area contributed by atoms with Crippen molar-refractivity contribution in [2.45, 2.75) is 18.7 Å². The topological polar surface area (TPSA) is 78.3 Å². The maximum absolute atomic E-state index is 12.3. The van der Waals surface area contributed by atoms with E-state index in [4.69, 9.17) is 9.47 Å². The molecule has 0 saturated carbocycles. The van der Waals surface area contributed by atoms with Crippen LogP contribution in [0.3, 0.4) is 0 Å². The molecule has 1 heterocycles. The highest BCUT2D eigenvalue weighted by Gasteiger charge is 2.13. The van der Waals surface area contributed by atoms with Gasteiger partial charge in [-0.15, -0.1) is 10.2 Å². The number of aryl methyl sites for hydroxylation is 1. The highest BCUT2D eigenvalue weighted by molar-refractivity contribution is 9.10. The zero-order valence-electron chi connectivity index (χ0n) is 16.3. The number of methoxy groups -OCH3 is 1. The molecule has 1 aromatic heterocycles. The first-order valence-electron chi connectivity index (χ1n) is 8.80. The van der Waals surface area contributed by atoms with Crippen molar-refractivity contribution in [1.82, 2.24) is 14.8 Å². The number of thioether (sulfide) groups is 1. The van der Waals surface area contributed by atoms with Gasteiger partial charge in [-0.2, -0.15) is 0 Å². The molecule has 0 aliphatic heterocycles. The summed E-state index contributed by atoms with van der Waals surface area (Å²) in [6, 6.07) is 13.1. The standard InChI is InChI=1S/C20H21BrN4O3S/c1-13-10-14(21)4-9-17(13)22-19(26)12-29-20-24-23-18(25(20)2)11-28-16-7-5-15(27-3)6-8-16/h4-10H,11-12H2,1-3H3,(H,22,26). The number of hydrogen-bond donors (Lipinski definition) is 1. The van der Waals surface area contributed by atoms with E-state index in [0.717, 1.165) is 21.5 Å². The van der Waals surface area contributed by atoms with Crippen molar-refractivity contribution in [3.63, 3.8) is 0 Å². The smallest absolute Gasteiger partial charge is 0.234 e. The molecular formula is C20H21BrN4O3S. The predicted octanol–water partition coefficient (Wildman–Crippen LogP) is 4.20. The van der Waals surface area contributed by atoms with E-state index in [-0.39, 0.29) is 18.3 Å². The summed E-state index contributed by atoms with van der Waals surface area (Å²) < 4.78 is 13.7.